The van der Waals surface area contributed by atoms with Crippen molar-refractivity contribution in [2.75, 3.05) is 18.9 Å². The molecule has 18 heavy (non-hydrogen) atoms. The molecule has 1 aromatic carbocycles. The van der Waals surface area contributed by atoms with E-state index in [9.17, 15) is 8.42 Å². The Morgan fingerprint density at radius 1 is 1.44 bits per heavy atom. The second kappa shape index (κ2) is 3.96. The number of ether oxygens (including phenoxy) is 1. The van der Waals surface area contributed by atoms with E-state index in [1.807, 2.05) is 0 Å². The average Bonchev–Trinajstić information content (AvgIpc) is 2.97. The van der Waals surface area contributed by atoms with E-state index in [0.717, 1.165) is 0 Å². The summed E-state index contributed by atoms with van der Waals surface area (Å²) in [5.41, 5.74) is 7.45. The summed E-state index contributed by atoms with van der Waals surface area (Å²) in [6.45, 7) is 0.721. The highest BCUT2D eigenvalue weighted by Gasteiger charge is 2.33. The minimum atomic E-state index is -3.45. The second-order valence-electron chi connectivity index (χ2n) is 4.35. The number of benzene rings is 1. The van der Waals surface area contributed by atoms with Crippen LogP contribution in [-0.2, 0) is 14.6 Å². The number of aromatic amines is 1. The highest BCUT2D eigenvalue weighted by Crippen LogP contribution is 2.23. The van der Waals surface area contributed by atoms with Gasteiger partial charge in [-0.2, -0.15) is 0 Å². The van der Waals surface area contributed by atoms with Gasteiger partial charge in [0.2, 0.25) is 15.0 Å². The van der Waals surface area contributed by atoms with Gasteiger partial charge >= 0.3 is 0 Å². The molecule has 1 fully saturated rings. The number of anilines is 1. The van der Waals surface area contributed by atoms with Gasteiger partial charge in [-0.15, -0.1) is 0 Å². The Bertz CT molecular complexity index is 687. The van der Waals surface area contributed by atoms with E-state index in [4.69, 9.17) is 10.5 Å². The molecule has 0 spiro atoms. The summed E-state index contributed by atoms with van der Waals surface area (Å²) in [6.07, 6.45) is 0.515. The van der Waals surface area contributed by atoms with Gasteiger partial charge in [0.1, 0.15) is 0 Å². The second-order valence-corrected chi connectivity index (χ2v) is 6.49. The first-order valence-electron chi connectivity index (χ1n) is 5.64. The molecule has 2 aromatic rings. The van der Waals surface area contributed by atoms with Crippen LogP contribution in [0.5, 0.6) is 0 Å². The number of hydrogen-bond acceptors (Lipinski definition) is 5. The summed E-state index contributed by atoms with van der Waals surface area (Å²) in [6, 6.07) is 5.07. The topological polar surface area (TPSA) is 98.1 Å². The molecule has 1 aliphatic heterocycles. The quantitative estimate of drug-likeness (QED) is 0.781. The minimum Gasteiger partial charge on any atom is -0.399 e. The lowest BCUT2D eigenvalue weighted by Gasteiger charge is -2.05. The number of fused-ring (bicyclic) bond motifs is 1. The van der Waals surface area contributed by atoms with Gasteiger partial charge in [-0.25, -0.2) is 13.4 Å². The Labute approximate surface area is 104 Å². The van der Waals surface area contributed by atoms with Crippen LogP contribution in [0.2, 0.25) is 0 Å². The molecule has 0 radical (unpaired) electrons. The molecule has 1 aliphatic rings. The van der Waals surface area contributed by atoms with Crippen LogP contribution in [0.25, 0.3) is 11.0 Å². The van der Waals surface area contributed by atoms with Gasteiger partial charge in [-0.1, -0.05) is 0 Å². The molecule has 1 atom stereocenters. The normalized spacial score (nSPS) is 20.6. The number of nitrogens with one attached hydrogen (secondary N) is 1. The molecular formula is C11H13N3O3S. The van der Waals surface area contributed by atoms with Gasteiger partial charge in [0.05, 0.1) is 22.9 Å². The Morgan fingerprint density at radius 2 is 2.28 bits per heavy atom. The molecule has 0 amide bonds. The number of nitrogen functional groups attached to an aromatic ring is 1. The number of aromatic nitrogens is 2. The Balaban J connectivity index is 2.08. The fourth-order valence-corrected chi connectivity index (χ4v) is 3.53. The number of hydrogen-bond donors (Lipinski definition) is 2. The fraction of sp³-hybridized carbons (Fsp3) is 0.364. The zero-order valence-electron chi connectivity index (χ0n) is 9.59. The lowest BCUT2D eigenvalue weighted by Crippen LogP contribution is -2.22. The predicted molar refractivity (Wildman–Crippen MR) is 66.9 cm³/mol. The largest absolute Gasteiger partial charge is 0.399 e. The number of nitrogens with zero attached hydrogens (tertiary/aromatic N) is 1. The Kier molecular flexibility index (Phi) is 2.53. The third-order valence-electron chi connectivity index (χ3n) is 3.08. The summed E-state index contributed by atoms with van der Waals surface area (Å²) in [5, 5.41) is -0.506. The van der Waals surface area contributed by atoms with Crippen LogP contribution < -0.4 is 5.73 Å². The number of imidazole rings is 1. The van der Waals surface area contributed by atoms with E-state index in [1.54, 1.807) is 18.2 Å². The molecule has 1 saturated heterocycles. The lowest BCUT2D eigenvalue weighted by molar-refractivity contribution is 0.198. The van der Waals surface area contributed by atoms with Crippen molar-refractivity contribution in [1.29, 1.82) is 0 Å². The standard InChI is InChI=1S/C11H13N3O3S/c12-7-1-2-9-10(5-7)14-11(13-9)18(15,16)8-3-4-17-6-8/h1-2,5,8H,3-4,6,12H2,(H,13,14). The molecule has 6 nitrogen and oxygen atoms in total. The average molecular weight is 267 g/mol. The van der Waals surface area contributed by atoms with Gasteiger partial charge in [-0.05, 0) is 24.6 Å². The molecule has 2 heterocycles. The predicted octanol–water partition coefficient (Wildman–Crippen LogP) is 0.708. The van der Waals surface area contributed by atoms with Crippen molar-refractivity contribution in [3.63, 3.8) is 0 Å². The maximum atomic E-state index is 12.3. The van der Waals surface area contributed by atoms with Gasteiger partial charge < -0.3 is 15.5 Å². The maximum absolute atomic E-state index is 12.3. The highest BCUT2D eigenvalue weighted by atomic mass is 32.2. The molecule has 0 saturated carbocycles. The van der Waals surface area contributed by atoms with Crippen LogP contribution in [0.15, 0.2) is 23.4 Å². The van der Waals surface area contributed by atoms with Gasteiger partial charge in [-0.3, -0.25) is 0 Å². The molecule has 1 unspecified atom stereocenters. The van der Waals surface area contributed by atoms with E-state index in [2.05, 4.69) is 9.97 Å². The van der Waals surface area contributed by atoms with Crippen LogP contribution >= 0.6 is 0 Å². The SMILES string of the molecule is Nc1ccc2nc(S(=O)(=O)C3CCOC3)[nH]c2c1. The van der Waals surface area contributed by atoms with Crippen molar-refractivity contribution >= 4 is 26.6 Å². The van der Waals surface area contributed by atoms with E-state index in [0.29, 0.717) is 29.7 Å². The molecule has 0 bridgehead atoms. The van der Waals surface area contributed by atoms with Gasteiger partial charge in [0.25, 0.3) is 0 Å². The van der Waals surface area contributed by atoms with Crippen LogP contribution in [0.4, 0.5) is 5.69 Å². The summed E-state index contributed by atoms with van der Waals surface area (Å²) in [7, 11) is -3.45. The molecule has 3 rings (SSSR count). The Morgan fingerprint density at radius 3 is 3.00 bits per heavy atom. The smallest absolute Gasteiger partial charge is 0.226 e. The van der Waals surface area contributed by atoms with Crippen LogP contribution in [0.3, 0.4) is 0 Å². The minimum absolute atomic E-state index is 0.00130. The molecule has 96 valence electrons. The third kappa shape index (κ3) is 1.75. The monoisotopic (exact) mass is 267 g/mol. The van der Waals surface area contributed by atoms with Crippen LogP contribution in [0.1, 0.15) is 6.42 Å². The van der Waals surface area contributed by atoms with Crippen molar-refractivity contribution in [2.24, 2.45) is 0 Å². The zero-order valence-corrected chi connectivity index (χ0v) is 10.4. The molecule has 1 aromatic heterocycles. The maximum Gasteiger partial charge on any atom is 0.226 e. The summed E-state index contributed by atoms with van der Waals surface area (Å²) in [5.74, 6) is 0. The van der Waals surface area contributed by atoms with Crippen molar-refractivity contribution in [2.45, 2.75) is 16.8 Å². The van der Waals surface area contributed by atoms with Gasteiger partial charge in [0, 0.05) is 12.3 Å². The fourth-order valence-electron chi connectivity index (χ4n) is 2.05. The van der Waals surface area contributed by atoms with E-state index >= 15 is 0 Å². The number of nitrogens with two attached hydrogens (primary N) is 1. The number of H-pyrrole nitrogens is 1. The molecule has 3 N–H and O–H groups in total. The highest BCUT2D eigenvalue weighted by molar-refractivity contribution is 7.91. The summed E-state index contributed by atoms with van der Waals surface area (Å²) >= 11 is 0. The first kappa shape index (κ1) is 11.5. The van der Waals surface area contributed by atoms with E-state index in [-0.39, 0.29) is 11.8 Å². The zero-order chi connectivity index (χ0) is 12.8. The first-order chi connectivity index (χ1) is 8.57. The Hall–Kier alpha value is -1.60. The first-order valence-corrected chi connectivity index (χ1v) is 7.19. The van der Waals surface area contributed by atoms with Crippen molar-refractivity contribution in [3.8, 4) is 0 Å². The van der Waals surface area contributed by atoms with Crippen molar-refractivity contribution < 1.29 is 13.2 Å². The third-order valence-corrected chi connectivity index (χ3v) is 5.06. The van der Waals surface area contributed by atoms with Crippen molar-refractivity contribution in [1.82, 2.24) is 9.97 Å². The van der Waals surface area contributed by atoms with Gasteiger partial charge in [0.15, 0.2) is 0 Å². The summed E-state index contributed by atoms with van der Waals surface area (Å²) < 4.78 is 29.7. The number of rotatable bonds is 2. The van der Waals surface area contributed by atoms with Crippen LogP contribution in [0, 0.1) is 0 Å². The molecular weight excluding hydrogens is 254 g/mol. The van der Waals surface area contributed by atoms with E-state index in [1.165, 1.54) is 0 Å². The van der Waals surface area contributed by atoms with Crippen molar-refractivity contribution in [3.05, 3.63) is 18.2 Å². The molecule has 7 heteroatoms. The lowest BCUT2D eigenvalue weighted by atomic mass is 10.3. The molecule has 0 aliphatic carbocycles. The number of sulfone groups is 1. The summed E-state index contributed by atoms with van der Waals surface area (Å²) in [4.78, 5) is 6.93. The van der Waals surface area contributed by atoms with E-state index < -0.39 is 15.1 Å². The van der Waals surface area contributed by atoms with Crippen LogP contribution in [-0.4, -0.2) is 36.8 Å².